The van der Waals surface area contributed by atoms with Crippen molar-refractivity contribution < 1.29 is 5.11 Å². The molecule has 3 aromatic rings. The zero-order valence-electron chi connectivity index (χ0n) is 16.4. The van der Waals surface area contributed by atoms with E-state index in [1.807, 2.05) is 24.4 Å². The minimum Gasteiger partial charge on any atom is -0.385 e. The number of aromatic nitrogens is 3. The topological polar surface area (TPSA) is 65.0 Å². The van der Waals surface area contributed by atoms with Gasteiger partial charge in [-0.3, -0.25) is 9.88 Å². The van der Waals surface area contributed by atoms with Crippen LogP contribution in [-0.4, -0.2) is 38.0 Å². The van der Waals surface area contributed by atoms with Crippen LogP contribution in [0.5, 0.6) is 0 Å². The Bertz CT molecular complexity index is 918. The fourth-order valence-corrected chi connectivity index (χ4v) is 4.11. The molecule has 5 nitrogen and oxygen atoms in total. The van der Waals surface area contributed by atoms with E-state index >= 15 is 0 Å². The first-order chi connectivity index (χ1) is 12.9. The molecule has 3 aromatic heterocycles. The maximum absolute atomic E-state index is 11.1. The number of likely N-dealkylation sites (tertiary alicyclic amines) is 1. The number of fused-ring (bicyclic) bond motifs is 1. The molecule has 0 spiro atoms. The molecule has 0 amide bonds. The fraction of sp³-hybridized carbons (Fsp3) is 0.455. The van der Waals surface area contributed by atoms with Crippen molar-refractivity contribution in [1.82, 2.24) is 19.9 Å². The van der Waals surface area contributed by atoms with Crippen LogP contribution >= 0.6 is 0 Å². The Hall–Kier alpha value is -2.24. The Morgan fingerprint density at radius 2 is 1.89 bits per heavy atom. The van der Waals surface area contributed by atoms with Crippen LogP contribution in [0.3, 0.4) is 0 Å². The van der Waals surface area contributed by atoms with Crippen LogP contribution in [0.25, 0.3) is 11.0 Å². The van der Waals surface area contributed by atoms with E-state index in [2.05, 4.69) is 46.7 Å². The standard InChI is InChI=1S/C22H28N4O/c1-21(2,3)19-18(17-7-5-11-24-20(17)25-19)15-26-12-8-22(27,9-13-26)16-6-4-10-23-14-16/h4-7,10-11,14,27H,8-9,12-13,15H2,1-3H3,(H,24,25). The highest BCUT2D eigenvalue weighted by atomic mass is 16.3. The van der Waals surface area contributed by atoms with Crippen molar-refractivity contribution in [2.24, 2.45) is 0 Å². The Kier molecular flexibility index (Phi) is 4.52. The molecule has 4 heterocycles. The Labute approximate surface area is 160 Å². The van der Waals surface area contributed by atoms with Crippen LogP contribution in [-0.2, 0) is 17.6 Å². The van der Waals surface area contributed by atoms with E-state index in [1.165, 1.54) is 16.6 Å². The van der Waals surface area contributed by atoms with E-state index in [1.54, 1.807) is 12.4 Å². The number of aliphatic hydroxyl groups is 1. The van der Waals surface area contributed by atoms with Gasteiger partial charge in [0.15, 0.2) is 0 Å². The highest BCUT2D eigenvalue weighted by Crippen LogP contribution is 2.35. The lowest BCUT2D eigenvalue weighted by Crippen LogP contribution is -2.42. The Morgan fingerprint density at radius 3 is 2.56 bits per heavy atom. The van der Waals surface area contributed by atoms with E-state index in [-0.39, 0.29) is 5.41 Å². The molecular weight excluding hydrogens is 336 g/mol. The third-order valence-corrected chi connectivity index (χ3v) is 5.69. The number of piperidine rings is 1. The minimum atomic E-state index is -0.764. The number of H-pyrrole nitrogens is 1. The van der Waals surface area contributed by atoms with Crippen molar-refractivity contribution in [2.45, 2.75) is 51.2 Å². The van der Waals surface area contributed by atoms with E-state index in [0.29, 0.717) is 0 Å². The van der Waals surface area contributed by atoms with Crippen molar-refractivity contribution >= 4 is 11.0 Å². The Balaban J connectivity index is 1.56. The number of hydrogen-bond donors (Lipinski definition) is 2. The maximum atomic E-state index is 11.1. The molecule has 142 valence electrons. The summed E-state index contributed by atoms with van der Waals surface area (Å²) in [7, 11) is 0. The first-order valence-corrected chi connectivity index (χ1v) is 9.68. The average Bonchev–Trinajstić information content (AvgIpc) is 3.04. The molecule has 0 saturated carbocycles. The molecule has 0 atom stereocenters. The molecule has 0 unspecified atom stereocenters. The number of nitrogens with zero attached hydrogens (tertiary/aromatic N) is 3. The third kappa shape index (κ3) is 3.49. The number of aromatic amines is 1. The second kappa shape index (κ2) is 6.73. The summed E-state index contributed by atoms with van der Waals surface area (Å²) >= 11 is 0. The van der Waals surface area contributed by atoms with Gasteiger partial charge in [0, 0.05) is 60.3 Å². The van der Waals surface area contributed by atoms with Crippen LogP contribution in [0.15, 0.2) is 42.9 Å². The highest BCUT2D eigenvalue weighted by Gasteiger charge is 2.35. The molecule has 27 heavy (non-hydrogen) atoms. The molecule has 1 fully saturated rings. The number of rotatable bonds is 3. The van der Waals surface area contributed by atoms with Gasteiger partial charge in [0.2, 0.25) is 0 Å². The first-order valence-electron chi connectivity index (χ1n) is 9.68. The van der Waals surface area contributed by atoms with Crippen LogP contribution in [0.4, 0.5) is 0 Å². The van der Waals surface area contributed by atoms with Crippen LogP contribution in [0.1, 0.15) is 50.4 Å². The number of nitrogens with one attached hydrogen (secondary N) is 1. The molecule has 5 heteroatoms. The van der Waals surface area contributed by atoms with E-state index < -0.39 is 5.60 Å². The van der Waals surface area contributed by atoms with Crippen LogP contribution in [0, 0.1) is 0 Å². The van der Waals surface area contributed by atoms with Gasteiger partial charge in [-0.05, 0) is 36.6 Å². The normalized spacial score (nSPS) is 18.1. The maximum Gasteiger partial charge on any atom is 0.137 e. The molecule has 1 aliphatic heterocycles. The summed E-state index contributed by atoms with van der Waals surface area (Å²) in [5.74, 6) is 0. The quantitative estimate of drug-likeness (QED) is 0.743. The molecule has 1 aliphatic rings. The predicted octanol–water partition coefficient (Wildman–Crippen LogP) is 3.74. The van der Waals surface area contributed by atoms with Crippen molar-refractivity contribution in [3.05, 3.63) is 59.7 Å². The lowest BCUT2D eigenvalue weighted by molar-refractivity contribution is -0.0279. The van der Waals surface area contributed by atoms with E-state index in [9.17, 15) is 5.11 Å². The van der Waals surface area contributed by atoms with Gasteiger partial charge >= 0.3 is 0 Å². The molecule has 0 aliphatic carbocycles. The van der Waals surface area contributed by atoms with Gasteiger partial charge in [0.1, 0.15) is 5.65 Å². The lowest BCUT2D eigenvalue weighted by Gasteiger charge is -2.38. The number of pyridine rings is 2. The summed E-state index contributed by atoms with van der Waals surface area (Å²) in [6.07, 6.45) is 6.83. The zero-order valence-corrected chi connectivity index (χ0v) is 16.4. The summed E-state index contributed by atoms with van der Waals surface area (Å²) in [4.78, 5) is 14.7. The van der Waals surface area contributed by atoms with Gasteiger partial charge in [-0.1, -0.05) is 26.8 Å². The SMILES string of the molecule is CC(C)(C)c1[nH]c2ncccc2c1CN1CCC(O)(c2cccnc2)CC1. The smallest absolute Gasteiger partial charge is 0.137 e. The zero-order chi connectivity index (χ0) is 19.1. The van der Waals surface area contributed by atoms with Crippen molar-refractivity contribution in [3.8, 4) is 0 Å². The minimum absolute atomic E-state index is 0.0300. The monoisotopic (exact) mass is 364 g/mol. The molecule has 2 N–H and O–H groups in total. The molecular formula is C22H28N4O. The van der Waals surface area contributed by atoms with Crippen molar-refractivity contribution in [3.63, 3.8) is 0 Å². The third-order valence-electron chi connectivity index (χ3n) is 5.69. The molecule has 0 aromatic carbocycles. The van der Waals surface area contributed by atoms with Gasteiger partial charge in [-0.15, -0.1) is 0 Å². The largest absolute Gasteiger partial charge is 0.385 e. The van der Waals surface area contributed by atoms with Gasteiger partial charge in [0.25, 0.3) is 0 Å². The van der Waals surface area contributed by atoms with Crippen LogP contribution < -0.4 is 0 Å². The summed E-state index contributed by atoms with van der Waals surface area (Å²) in [6.45, 7) is 9.31. The second-order valence-electron chi connectivity index (χ2n) is 8.68. The van der Waals surface area contributed by atoms with Gasteiger partial charge < -0.3 is 10.1 Å². The molecule has 0 bridgehead atoms. The van der Waals surface area contributed by atoms with Crippen molar-refractivity contribution in [2.75, 3.05) is 13.1 Å². The molecule has 4 rings (SSSR count). The molecule has 0 radical (unpaired) electrons. The predicted molar refractivity (Wildman–Crippen MR) is 107 cm³/mol. The van der Waals surface area contributed by atoms with Crippen LogP contribution in [0.2, 0.25) is 0 Å². The van der Waals surface area contributed by atoms with Gasteiger partial charge in [-0.2, -0.15) is 0 Å². The highest BCUT2D eigenvalue weighted by molar-refractivity contribution is 5.81. The fourth-order valence-electron chi connectivity index (χ4n) is 4.11. The average molecular weight is 364 g/mol. The summed E-state index contributed by atoms with van der Waals surface area (Å²) in [5, 5.41) is 12.3. The Morgan fingerprint density at radius 1 is 1.15 bits per heavy atom. The number of hydrogen-bond acceptors (Lipinski definition) is 4. The van der Waals surface area contributed by atoms with Gasteiger partial charge in [-0.25, -0.2) is 4.98 Å². The van der Waals surface area contributed by atoms with Gasteiger partial charge in [0.05, 0.1) is 5.60 Å². The second-order valence-corrected chi connectivity index (χ2v) is 8.68. The molecule has 1 saturated heterocycles. The van der Waals surface area contributed by atoms with Crippen molar-refractivity contribution in [1.29, 1.82) is 0 Å². The summed E-state index contributed by atoms with van der Waals surface area (Å²) < 4.78 is 0. The summed E-state index contributed by atoms with van der Waals surface area (Å²) in [6, 6.07) is 8.03. The summed E-state index contributed by atoms with van der Waals surface area (Å²) in [5.41, 5.74) is 3.74. The van der Waals surface area contributed by atoms with E-state index in [0.717, 1.165) is 43.7 Å². The first kappa shape index (κ1) is 18.1. The van der Waals surface area contributed by atoms with E-state index in [4.69, 9.17) is 0 Å². The lowest BCUT2D eigenvalue weighted by atomic mass is 9.84.